The van der Waals surface area contributed by atoms with Crippen molar-refractivity contribution in [1.82, 2.24) is 9.21 Å². The second kappa shape index (κ2) is 14.0. The van der Waals surface area contributed by atoms with Gasteiger partial charge in [-0.25, -0.2) is 13.2 Å². The summed E-state index contributed by atoms with van der Waals surface area (Å²) in [6.45, 7) is 12.1. The van der Waals surface area contributed by atoms with Crippen molar-refractivity contribution in [3.05, 3.63) is 35.9 Å². The highest BCUT2D eigenvalue weighted by Crippen LogP contribution is 2.41. The molecule has 0 spiro atoms. The molecule has 1 aliphatic carbocycles. The first-order valence-electron chi connectivity index (χ1n) is 15.0. The molecule has 1 aromatic rings. The number of hydrogen-bond donors (Lipinski definition) is 0. The van der Waals surface area contributed by atoms with Crippen LogP contribution in [-0.2, 0) is 30.8 Å². The first kappa shape index (κ1) is 32.8. The van der Waals surface area contributed by atoms with Gasteiger partial charge in [0.1, 0.15) is 23.5 Å². The summed E-state index contributed by atoms with van der Waals surface area (Å²) in [5.41, 5.74) is -0.693. The van der Waals surface area contributed by atoms with Crippen LogP contribution in [0.3, 0.4) is 0 Å². The number of nitrogens with zero attached hydrogens (tertiary/aromatic N) is 2. The van der Waals surface area contributed by atoms with Crippen molar-refractivity contribution in [2.45, 2.75) is 129 Å². The molecule has 40 heavy (non-hydrogen) atoms. The SMILES string of the molecule is CCCCN(Cc1ccccc1)S(=O)(=O)C[C@@H](OC)[C@H]1OC(C)(C)N(C(=O)OC(C)(C)C)[C@H]1CC1CCCCC1. The smallest absolute Gasteiger partial charge is 0.412 e. The summed E-state index contributed by atoms with van der Waals surface area (Å²) >= 11 is 0. The Kier molecular flexibility index (Phi) is 11.5. The Morgan fingerprint density at radius 1 is 1.15 bits per heavy atom. The van der Waals surface area contributed by atoms with Gasteiger partial charge in [0.2, 0.25) is 10.0 Å². The minimum Gasteiger partial charge on any atom is -0.444 e. The lowest BCUT2D eigenvalue weighted by atomic mass is 9.83. The molecule has 1 heterocycles. The monoisotopic (exact) mass is 580 g/mol. The molecule has 2 fully saturated rings. The lowest BCUT2D eigenvalue weighted by Gasteiger charge is -2.37. The summed E-state index contributed by atoms with van der Waals surface area (Å²) in [5.74, 6) is 0.223. The number of amides is 1. The molecule has 0 aromatic heterocycles. The van der Waals surface area contributed by atoms with Crippen LogP contribution in [0.2, 0.25) is 0 Å². The number of rotatable bonds is 12. The molecule has 0 radical (unpaired) electrons. The van der Waals surface area contributed by atoms with Crippen LogP contribution in [-0.4, -0.2) is 72.7 Å². The Morgan fingerprint density at radius 2 is 1.80 bits per heavy atom. The number of carbonyl (C=O) groups excluding carboxylic acids is 1. The Balaban J connectivity index is 1.90. The highest BCUT2D eigenvalue weighted by Gasteiger charge is 2.54. The molecule has 2 aliphatic rings. The highest BCUT2D eigenvalue weighted by atomic mass is 32.2. The molecule has 3 rings (SSSR count). The summed E-state index contributed by atoms with van der Waals surface area (Å²) in [5, 5.41) is 0. The van der Waals surface area contributed by atoms with Crippen molar-refractivity contribution in [1.29, 1.82) is 0 Å². The molecule has 0 N–H and O–H groups in total. The van der Waals surface area contributed by atoms with E-state index in [-0.39, 0.29) is 11.8 Å². The quantitative estimate of drug-likeness (QED) is 0.287. The Labute approximate surface area is 242 Å². The second-order valence-corrected chi connectivity index (χ2v) is 14.9. The molecule has 1 aromatic carbocycles. The zero-order chi connectivity index (χ0) is 29.6. The zero-order valence-corrected chi connectivity index (χ0v) is 26.5. The average Bonchev–Trinajstić information content (AvgIpc) is 3.14. The van der Waals surface area contributed by atoms with Gasteiger partial charge in [-0.2, -0.15) is 4.31 Å². The summed E-state index contributed by atoms with van der Waals surface area (Å²) < 4.78 is 47.7. The number of benzene rings is 1. The Morgan fingerprint density at radius 3 is 2.38 bits per heavy atom. The first-order chi connectivity index (χ1) is 18.8. The average molecular weight is 581 g/mol. The van der Waals surface area contributed by atoms with Gasteiger partial charge in [0.15, 0.2) is 0 Å². The van der Waals surface area contributed by atoms with Gasteiger partial charge in [-0.3, -0.25) is 4.90 Å². The van der Waals surface area contributed by atoms with Crippen LogP contribution in [0, 0.1) is 5.92 Å². The fraction of sp³-hybridized carbons (Fsp3) is 0.774. The van der Waals surface area contributed by atoms with Gasteiger partial charge in [0.25, 0.3) is 0 Å². The maximum atomic E-state index is 13.9. The van der Waals surface area contributed by atoms with Crippen molar-refractivity contribution in [3.63, 3.8) is 0 Å². The summed E-state index contributed by atoms with van der Waals surface area (Å²) in [7, 11) is -2.17. The summed E-state index contributed by atoms with van der Waals surface area (Å²) in [6, 6.07) is 9.32. The first-order valence-corrected chi connectivity index (χ1v) is 16.6. The van der Waals surface area contributed by atoms with Crippen LogP contribution < -0.4 is 0 Å². The van der Waals surface area contributed by atoms with E-state index in [4.69, 9.17) is 14.2 Å². The van der Waals surface area contributed by atoms with Crippen molar-refractivity contribution < 1.29 is 27.4 Å². The molecule has 228 valence electrons. The predicted molar refractivity (Wildman–Crippen MR) is 158 cm³/mol. The molecule has 1 aliphatic heterocycles. The van der Waals surface area contributed by atoms with E-state index in [1.54, 1.807) is 9.21 Å². The fourth-order valence-corrected chi connectivity index (χ4v) is 7.76. The molecule has 1 saturated heterocycles. The van der Waals surface area contributed by atoms with Gasteiger partial charge in [-0.05, 0) is 58.9 Å². The standard InChI is InChI=1S/C31H52N2O6S/c1-8-9-20-32(22-25-18-14-11-15-19-25)40(35,36)23-27(37-7)28-26(21-24-16-12-10-13-17-24)33(31(5,6)38-28)29(34)39-30(2,3)4/h11,14-15,18-19,24,26-28H,8-10,12-13,16-17,20-23H2,1-7H3/t26-,27+,28-/m0/s1. The van der Waals surface area contributed by atoms with E-state index in [0.29, 0.717) is 19.0 Å². The maximum Gasteiger partial charge on any atom is 0.412 e. The van der Waals surface area contributed by atoms with Crippen LogP contribution in [0.25, 0.3) is 0 Å². The van der Waals surface area contributed by atoms with Gasteiger partial charge >= 0.3 is 6.09 Å². The molecule has 8 nitrogen and oxygen atoms in total. The zero-order valence-electron chi connectivity index (χ0n) is 25.7. The number of methoxy groups -OCH3 is 1. The van der Waals surface area contributed by atoms with Gasteiger partial charge in [-0.1, -0.05) is 75.8 Å². The highest BCUT2D eigenvalue weighted by molar-refractivity contribution is 7.89. The fourth-order valence-electron chi connectivity index (χ4n) is 6.06. The van der Waals surface area contributed by atoms with E-state index in [0.717, 1.165) is 37.7 Å². The summed E-state index contributed by atoms with van der Waals surface area (Å²) in [6.07, 6.45) is 6.39. The minimum atomic E-state index is -3.71. The topological polar surface area (TPSA) is 85.4 Å². The Hall–Kier alpha value is -1.68. The van der Waals surface area contributed by atoms with Crippen LogP contribution in [0.4, 0.5) is 4.79 Å². The van der Waals surface area contributed by atoms with E-state index >= 15 is 0 Å². The Bertz CT molecular complexity index is 1030. The van der Waals surface area contributed by atoms with E-state index in [9.17, 15) is 13.2 Å². The molecule has 1 amide bonds. The lowest BCUT2D eigenvalue weighted by molar-refractivity contribution is -0.105. The van der Waals surface area contributed by atoms with Gasteiger partial charge in [0, 0.05) is 20.2 Å². The lowest BCUT2D eigenvalue weighted by Crippen LogP contribution is -2.52. The van der Waals surface area contributed by atoms with Crippen LogP contribution in [0.1, 0.15) is 98.5 Å². The van der Waals surface area contributed by atoms with E-state index in [2.05, 4.69) is 6.92 Å². The van der Waals surface area contributed by atoms with Crippen molar-refractivity contribution in [2.24, 2.45) is 5.92 Å². The number of sulfonamides is 1. The molecule has 9 heteroatoms. The van der Waals surface area contributed by atoms with Crippen molar-refractivity contribution >= 4 is 16.1 Å². The molecule has 1 saturated carbocycles. The number of unbranched alkanes of at least 4 members (excludes halogenated alkanes) is 1. The molecule has 0 unspecified atom stereocenters. The van der Waals surface area contributed by atoms with Gasteiger partial charge in [0.05, 0.1) is 11.8 Å². The molecule has 3 atom stereocenters. The number of carbonyl (C=O) groups is 1. The third-order valence-electron chi connectivity index (χ3n) is 8.01. The summed E-state index contributed by atoms with van der Waals surface area (Å²) in [4.78, 5) is 15.3. The van der Waals surface area contributed by atoms with E-state index < -0.39 is 39.7 Å². The second-order valence-electron chi connectivity index (χ2n) is 12.9. The minimum absolute atomic E-state index is 0.218. The largest absolute Gasteiger partial charge is 0.444 e. The molecular formula is C31H52N2O6S. The van der Waals surface area contributed by atoms with Crippen molar-refractivity contribution in [2.75, 3.05) is 19.4 Å². The van der Waals surface area contributed by atoms with Crippen LogP contribution in [0.5, 0.6) is 0 Å². The number of hydrogen-bond acceptors (Lipinski definition) is 6. The predicted octanol–water partition coefficient (Wildman–Crippen LogP) is 6.34. The van der Waals surface area contributed by atoms with Gasteiger partial charge in [-0.15, -0.1) is 0 Å². The van der Waals surface area contributed by atoms with Crippen LogP contribution in [0.15, 0.2) is 30.3 Å². The normalized spacial score (nSPS) is 22.9. The third kappa shape index (κ3) is 8.91. The third-order valence-corrected chi connectivity index (χ3v) is 9.85. The van der Waals surface area contributed by atoms with Gasteiger partial charge < -0.3 is 14.2 Å². The van der Waals surface area contributed by atoms with E-state index in [1.165, 1.54) is 26.4 Å². The molecular weight excluding hydrogens is 528 g/mol. The number of ether oxygens (including phenoxy) is 3. The van der Waals surface area contributed by atoms with Crippen molar-refractivity contribution in [3.8, 4) is 0 Å². The maximum absolute atomic E-state index is 13.9. The molecule has 0 bridgehead atoms. The van der Waals surface area contributed by atoms with Crippen LogP contribution >= 0.6 is 0 Å². The van der Waals surface area contributed by atoms with E-state index in [1.807, 2.05) is 65.0 Å².